The number of unbranched alkanes of at least 4 members (excludes halogenated alkanes) is 1. The van der Waals surface area contributed by atoms with Gasteiger partial charge in [0.05, 0.1) is 6.61 Å². The summed E-state index contributed by atoms with van der Waals surface area (Å²) in [7, 11) is 0. The number of aliphatic hydroxyl groups excluding tert-OH is 1. The normalized spacial score (nSPS) is 10.4. The van der Waals surface area contributed by atoms with Gasteiger partial charge in [0.2, 0.25) is 0 Å². The van der Waals surface area contributed by atoms with Gasteiger partial charge in [-0.25, -0.2) is 15.8 Å². The molecule has 1 aromatic heterocycles. The number of nitrogen functional groups attached to an aromatic ring is 1. The van der Waals surface area contributed by atoms with Gasteiger partial charge in [-0.15, -0.1) is 0 Å². The van der Waals surface area contributed by atoms with Crippen molar-refractivity contribution in [2.24, 2.45) is 5.84 Å². The molecule has 6 nitrogen and oxygen atoms in total. The van der Waals surface area contributed by atoms with E-state index in [9.17, 15) is 0 Å². The molecule has 0 amide bonds. The highest BCUT2D eigenvalue weighted by atomic mass is 16.3. The first kappa shape index (κ1) is 13.7. The maximum Gasteiger partial charge on any atom is 0.145 e. The number of nitrogens with two attached hydrogens (primary N) is 1. The molecule has 0 saturated heterocycles. The van der Waals surface area contributed by atoms with E-state index in [-0.39, 0.29) is 6.61 Å². The van der Waals surface area contributed by atoms with Crippen molar-refractivity contribution in [2.75, 3.05) is 30.0 Å². The summed E-state index contributed by atoms with van der Waals surface area (Å²) in [5, 5.41) is 9.07. The van der Waals surface area contributed by atoms with Crippen molar-refractivity contribution in [2.45, 2.75) is 26.7 Å². The first-order valence-corrected chi connectivity index (χ1v) is 5.89. The topological polar surface area (TPSA) is 87.3 Å². The summed E-state index contributed by atoms with van der Waals surface area (Å²) in [4.78, 5) is 10.5. The van der Waals surface area contributed by atoms with Crippen LogP contribution in [-0.2, 0) is 0 Å². The van der Waals surface area contributed by atoms with Gasteiger partial charge >= 0.3 is 0 Å². The van der Waals surface area contributed by atoms with Gasteiger partial charge in [-0.3, -0.25) is 0 Å². The van der Waals surface area contributed by atoms with E-state index in [1.807, 2.05) is 11.8 Å². The molecule has 0 atom stereocenters. The van der Waals surface area contributed by atoms with Crippen molar-refractivity contribution in [3.8, 4) is 0 Å². The van der Waals surface area contributed by atoms with Crippen LogP contribution in [0.15, 0.2) is 6.07 Å². The zero-order valence-corrected chi connectivity index (χ0v) is 10.5. The number of hydrogen-bond acceptors (Lipinski definition) is 6. The molecular weight excluding hydrogens is 218 g/mol. The van der Waals surface area contributed by atoms with Gasteiger partial charge < -0.3 is 15.4 Å². The van der Waals surface area contributed by atoms with E-state index in [0.29, 0.717) is 18.2 Å². The van der Waals surface area contributed by atoms with Gasteiger partial charge in [0.25, 0.3) is 0 Å². The summed E-state index contributed by atoms with van der Waals surface area (Å²) in [6.07, 6.45) is 2.17. The molecule has 6 heteroatoms. The first-order chi connectivity index (χ1) is 8.21. The quantitative estimate of drug-likeness (QED) is 0.479. The molecule has 1 aromatic rings. The maximum absolute atomic E-state index is 9.07. The monoisotopic (exact) mass is 239 g/mol. The molecule has 96 valence electrons. The summed E-state index contributed by atoms with van der Waals surface area (Å²) >= 11 is 0. The Hall–Kier alpha value is -1.40. The molecule has 1 heterocycles. The van der Waals surface area contributed by atoms with Crippen LogP contribution >= 0.6 is 0 Å². The molecule has 0 aromatic carbocycles. The Balaban J connectivity index is 2.87. The summed E-state index contributed by atoms with van der Waals surface area (Å²) in [5.74, 6) is 7.40. The fourth-order valence-electron chi connectivity index (χ4n) is 1.60. The Morgan fingerprint density at radius 2 is 2.18 bits per heavy atom. The van der Waals surface area contributed by atoms with E-state index in [4.69, 9.17) is 10.9 Å². The Bertz CT molecular complexity index is 345. The number of aromatic nitrogens is 2. The van der Waals surface area contributed by atoms with E-state index in [0.717, 1.165) is 25.2 Å². The van der Waals surface area contributed by atoms with Gasteiger partial charge in [-0.2, -0.15) is 0 Å². The molecule has 0 fully saturated rings. The lowest BCUT2D eigenvalue weighted by molar-refractivity contribution is 0.301. The lowest BCUT2D eigenvalue weighted by Gasteiger charge is -2.23. The van der Waals surface area contributed by atoms with Crippen molar-refractivity contribution in [3.63, 3.8) is 0 Å². The smallest absolute Gasteiger partial charge is 0.145 e. The molecular formula is C11H21N5O. The molecule has 0 bridgehead atoms. The molecule has 1 rings (SSSR count). The number of nitrogens with zero attached hydrogens (tertiary/aromatic N) is 3. The minimum atomic E-state index is 0.109. The van der Waals surface area contributed by atoms with Crippen LogP contribution in [0.3, 0.4) is 0 Å². The average Bonchev–Trinajstić information content (AvgIpc) is 2.33. The predicted octanol–water partition coefficient (Wildman–Crippen LogP) is 0.669. The van der Waals surface area contributed by atoms with Crippen LogP contribution in [0, 0.1) is 6.92 Å². The van der Waals surface area contributed by atoms with E-state index >= 15 is 0 Å². The first-order valence-electron chi connectivity index (χ1n) is 5.89. The number of aliphatic hydroxyl groups is 1. The molecule has 0 unspecified atom stereocenters. The van der Waals surface area contributed by atoms with Gasteiger partial charge in [0.1, 0.15) is 17.5 Å². The third-order valence-electron chi connectivity index (χ3n) is 2.45. The largest absolute Gasteiger partial charge is 0.395 e. The number of aryl methyl sites for hydroxylation is 1. The van der Waals surface area contributed by atoms with Crippen LogP contribution in [0.2, 0.25) is 0 Å². The van der Waals surface area contributed by atoms with Crippen molar-refractivity contribution in [3.05, 3.63) is 11.9 Å². The third kappa shape index (κ3) is 4.16. The van der Waals surface area contributed by atoms with Crippen LogP contribution in [-0.4, -0.2) is 34.8 Å². The SMILES string of the molecule is CCCCN(CCO)c1cc(NN)nc(C)n1. The Kier molecular flexibility index (Phi) is 5.65. The molecule has 0 saturated carbocycles. The molecule has 0 radical (unpaired) electrons. The summed E-state index contributed by atoms with van der Waals surface area (Å²) < 4.78 is 0. The zero-order valence-electron chi connectivity index (χ0n) is 10.5. The number of anilines is 2. The number of hydrazine groups is 1. The van der Waals surface area contributed by atoms with E-state index in [1.54, 1.807) is 6.07 Å². The fourth-order valence-corrected chi connectivity index (χ4v) is 1.60. The van der Waals surface area contributed by atoms with Gasteiger partial charge in [-0.05, 0) is 13.3 Å². The summed E-state index contributed by atoms with van der Waals surface area (Å²) in [6.45, 7) is 5.51. The number of nitrogens with one attached hydrogen (secondary N) is 1. The fraction of sp³-hybridized carbons (Fsp3) is 0.636. The minimum Gasteiger partial charge on any atom is -0.395 e. The van der Waals surface area contributed by atoms with Crippen molar-refractivity contribution in [1.82, 2.24) is 9.97 Å². The second-order valence-corrected chi connectivity index (χ2v) is 3.87. The lowest BCUT2D eigenvalue weighted by Crippen LogP contribution is -2.29. The second kappa shape index (κ2) is 7.03. The van der Waals surface area contributed by atoms with Gasteiger partial charge in [0, 0.05) is 19.2 Å². The molecule has 0 spiro atoms. The van der Waals surface area contributed by atoms with Crippen LogP contribution in [0.1, 0.15) is 25.6 Å². The number of rotatable bonds is 7. The Labute approximate surface area is 102 Å². The minimum absolute atomic E-state index is 0.109. The van der Waals surface area contributed by atoms with E-state index in [1.165, 1.54) is 0 Å². The van der Waals surface area contributed by atoms with E-state index < -0.39 is 0 Å². The van der Waals surface area contributed by atoms with Crippen molar-refractivity contribution >= 4 is 11.6 Å². The van der Waals surface area contributed by atoms with Crippen LogP contribution in [0.25, 0.3) is 0 Å². The van der Waals surface area contributed by atoms with Crippen molar-refractivity contribution < 1.29 is 5.11 Å². The average molecular weight is 239 g/mol. The molecule has 0 aliphatic rings. The van der Waals surface area contributed by atoms with Crippen LogP contribution in [0.4, 0.5) is 11.6 Å². The Morgan fingerprint density at radius 3 is 2.76 bits per heavy atom. The molecule has 0 aliphatic heterocycles. The zero-order chi connectivity index (χ0) is 12.7. The van der Waals surface area contributed by atoms with Crippen molar-refractivity contribution in [1.29, 1.82) is 0 Å². The summed E-state index contributed by atoms with van der Waals surface area (Å²) in [5.41, 5.74) is 2.52. The van der Waals surface area contributed by atoms with Gasteiger partial charge in [-0.1, -0.05) is 13.3 Å². The van der Waals surface area contributed by atoms with E-state index in [2.05, 4.69) is 22.3 Å². The number of hydrogen-bond donors (Lipinski definition) is 3. The molecule has 0 aliphatic carbocycles. The van der Waals surface area contributed by atoms with Crippen LogP contribution in [0.5, 0.6) is 0 Å². The third-order valence-corrected chi connectivity index (χ3v) is 2.45. The standard InChI is InChI=1S/C11H21N5O/c1-3-4-5-16(6-7-17)11-8-10(15-12)13-9(2)14-11/h8,17H,3-7,12H2,1-2H3,(H,13,14,15). The predicted molar refractivity (Wildman–Crippen MR) is 68.8 cm³/mol. The summed E-state index contributed by atoms with van der Waals surface area (Å²) in [6, 6.07) is 1.79. The highest BCUT2D eigenvalue weighted by Crippen LogP contribution is 2.15. The van der Waals surface area contributed by atoms with Crippen LogP contribution < -0.4 is 16.2 Å². The second-order valence-electron chi connectivity index (χ2n) is 3.87. The Morgan fingerprint density at radius 1 is 1.41 bits per heavy atom. The highest BCUT2D eigenvalue weighted by molar-refractivity contribution is 5.48. The maximum atomic E-state index is 9.07. The molecule has 17 heavy (non-hydrogen) atoms. The van der Waals surface area contributed by atoms with Gasteiger partial charge in [0.15, 0.2) is 0 Å². The highest BCUT2D eigenvalue weighted by Gasteiger charge is 2.09. The lowest BCUT2D eigenvalue weighted by atomic mass is 10.3. The molecule has 4 N–H and O–H groups in total.